The minimum absolute atomic E-state index is 0.288. The van der Waals surface area contributed by atoms with Crippen LogP contribution in [0.4, 0.5) is 8.78 Å². The zero-order valence-corrected chi connectivity index (χ0v) is 9.68. The molecule has 1 aromatic rings. The fourth-order valence-corrected chi connectivity index (χ4v) is 1.75. The van der Waals surface area contributed by atoms with Crippen molar-refractivity contribution in [3.05, 3.63) is 35.4 Å². The quantitative estimate of drug-likeness (QED) is 0.732. The molecule has 16 heavy (non-hydrogen) atoms. The van der Waals surface area contributed by atoms with Crippen LogP contribution in [0.1, 0.15) is 50.6 Å². The van der Waals surface area contributed by atoms with Crippen LogP contribution >= 0.6 is 0 Å². The lowest BCUT2D eigenvalue weighted by atomic mass is 10.0. The van der Waals surface area contributed by atoms with E-state index in [1.807, 2.05) is 0 Å². The molecular formula is C13H19F2N. The average molecular weight is 227 g/mol. The highest BCUT2D eigenvalue weighted by Gasteiger charge is 2.13. The van der Waals surface area contributed by atoms with Crippen molar-refractivity contribution in [3.63, 3.8) is 0 Å². The van der Waals surface area contributed by atoms with E-state index < -0.39 is 17.7 Å². The van der Waals surface area contributed by atoms with Gasteiger partial charge in [-0.05, 0) is 12.5 Å². The zero-order valence-electron chi connectivity index (χ0n) is 9.68. The number of hydrogen-bond acceptors (Lipinski definition) is 1. The first-order valence-electron chi connectivity index (χ1n) is 5.86. The molecule has 0 aliphatic carbocycles. The van der Waals surface area contributed by atoms with Crippen LogP contribution in [0.5, 0.6) is 0 Å². The summed E-state index contributed by atoms with van der Waals surface area (Å²) >= 11 is 0. The van der Waals surface area contributed by atoms with Gasteiger partial charge in [0.25, 0.3) is 0 Å². The summed E-state index contributed by atoms with van der Waals surface area (Å²) in [5, 5.41) is 0. The van der Waals surface area contributed by atoms with Gasteiger partial charge in [0, 0.05) is 11.6 Å². The standard InChI is InChI=1S/C13H19F2N/c1-2-3-4-5-9-12(16)10-7-6-8-11(14)13(10)15/h6-8,12H,2-5,9,16H2,1H3. The van der Waals surface area contributed by atoms with E-state index in [1.165, 1.54) is 12.5 Å². The molecule has 0 heterocycles. The Hall–Kier alpha value is -0.960. The number of hydrogen-bond donors (Lipinski definition) is 1. The first-order valence-corrected chi connectivity index (χ1v) is 5.86. The maximum Gasteiger partial charge on any atom is 0.163 e. The lowest BCUT2D eigenvalue weighted by molar-refractivity contribution is 0.477. The Morgan fingerprint density at radius 2 is 1.94 bits per heavy atom. The molecule has 90 valence electrons. The molecule has 1 nitrogen and oxygen atoms in total. The van der Waals surface area contributed by atoms with Gasteiger partial charge in [-0.3, -0.25) is 0 Å². The molecule has 0 aliphatic rings. The minimum atomic E-state index is -0.818. The average Bonchev–Trinajstić information content (AvgIpc) is 2.28. The Morgan fingerprint density at radius 1 is 1.19 bits per heavy atom. The molecule has 1 rings (SSSR count). The first kappa shape index (κ1) is 13.1. The van der Waals surface area contributed by atoms with Gasteiger partial charge in [-0.1, -0.05) is 44.7 Å². The molecule has 1 unspecified atom stereocenters. The molecule has 0 spiro atoms. The molecule has 2 N–H and O–H groups in total. The van der Waals surface area contributed by atoms with Crippen LogP contribution in [0.15, 0.2) is 18.2 Å². The number of benzene rings is 1. The van der Waals surface area contributed by atoms with E-state index in [2.05, 4.69) is 6.92 Å². The molecule has 1 atom stereocenters. The van der Waals surface area contributed by atoms with Crippen molar-refractivity contribution in [1.82, 2.24) is 0 Å². The van der Waals surface area contributed by atoms with Gasteiger partial charge in [-0.15, -0.1) is 0 Å². The highest BCUT2D eigenvalue weighted by molar-refractivity contribution is 5.22. The topological polar surface area (TPSA) is 26.0 Å². The van der Waals surface area contributed by atoms with Crippen molar-refractivity contribution < 1.29 is 8.78 Å². The fourth-order valence-electron chi connectivity index (χ4n) is 1.75. The highest BCUT2D eigenvalue weighted by Crippen LogP contribution is 2.22. The summed E-state index contributed by atoms with van der Waals surface area (Å²) in [5.74, 6) is -1.62. The van der Waals surface area contributed by atoms with Crippen molar-refractivity contribution in [2.24, 2.45) is 5.73 Å². The van der Waals surface area contributed by atoms with E-state index in [4.69, 9.17) is 5.73 Å². The number of halogens is 2. The lowest BCUT2D eigenvalue weighted by Gasteiger charge is -2.12. The monoisotopic (exact) mass is 227 g/mol. The maximum atomic E-state index is 13.4. The van der Waals surface area contributed by atoms with Crippen molar-refractivity contribution >= 4 is 0 Å². The summed E-state index contributed by atoms with van der Waals surface area (Å²) in [4.78, 5) is 0. The van der Waals surface area contributed by atoms with Crippen molar-refractivity contribution in [2.45, 2.75) is 45.1 Å². The predicted octanol–water partition coefficient (Wildman–Crippen LogP) is 3.94. The third-order valence-electron chi connectivity index (χ3n) is 2.75. The van der Waals surface area contributed by atoms with Crippen molar-refractivity contribution in [2.75, 3.05) is 0 Å². The van der Waals surface area contributed by atoms with Gasteiger partial charge in [0.15, 0.2) is 11.6 Å². The lowest BCUT2D eigenvalue weighted by Crippen LogP contribution is -2.12. The molecule has 0 aromatic heterocycles. The molecule has 3 heteroatoms. The maximum absolute atomic E-state index is 13.4. The highest BCUT2D eigenvalue weighted by atomic mass is 19.2. The molecule has 0 fully saturated rings. The summed E-state index contributed by atoms with van der Waals surface area (Å²) < 4.78 is 26.3. The smallest absolute Gasteiger partial charge is 0.163 e. The second kappa shape index (κ2) is 6.59. The van der Waals surface area contributed by atoms with E-state index in [0.717, 1.165) is 25.3 Å². The Balaban J connectivity index is 2.52. The minimum Gasteiger partial charge on any atom is -0.324 e. The number of rotatable bonds is 6. The van der Waals surface area contributed by atoms with Gasteiger partial charge in [0.05, 0.1) is 0 Å². The van der Waals surface area contributed by atoms with Gasteiger partial charge >= 0.3 is 0 Å². The SMILES string of the molecule is CCCCCCC(N)c1cccc(F)c1F. The molecule has 1 aromatic carbocycles. The van der Waals surface area contributed by atoms with Crippen LogP contribution in [0.25, 0.3) is 0 Å². The Morgan fingerprint density at radius 3 is 2.62 bits per heavy atom. The normalized spacial score (nSPS) is 12.8. The van der Waals surface area contributed by atoms with Crippen LogP contribution in [-0.4, -0.2) is 0 Å². The second-order valence-corrected chi connectivity index (χ2v) is 4.10. The van der Waals surface area contributed by atoms with E-state index in [0.29, 0.717) is 6.42 Å². The van der Waals surface area contributed by atoms with E-state index in [9.17, 15) is 8.78 Å². The van der Waals surface area contributed by atoms with Crippen LogP contribution in [0.2, 0.25) is 0 Å². The molecule has 0 radical (unpaired) electrons. The summed E-state index contributed by atoms with van der Waals surface area (Å²) in [6, 6.07) is 3.78. The Labute approximate surface area is 95.7 Å². The fraction of sp³-hybridized carbons (Fsp3) is 0.538. The molecule has 0 saturated carbocycles. The van der Waals surface area contributed by atoms with Gasteiger partial charge in [-0.25, -0.2) is 8.78 Å². The second-order valence-electron chi connectivity index (χ2n) is 4.10. The van der Waals surface area contributed by atoms with E-state index in [-0.39, 0.29) is 5.56 Å². The first-order chi connectivity index (χ1) is 7.66. The summed E-state index contributed by atoms with van der Waals surface area (Å²) in [6.07, 6.45) is 5.09. The number of nitrogens with two attached hydrogens (primary N) is 1. The van der Waals surface area contributed by atoms with Crippen LogP contribution in [0.3, 0.4) is 0 Å². The molecule has 0 saturated heterocycles. The van der Waals surface area contributed by atoms with Crippen LogP contribution in [0, 0.1) is 11.6 Å². The third-order valence-corrected chi connectivity index (χ3v) is 2.75. The van der Waals surface area contributed by atoms with Gasteiger partial charge in [0.2, 0.25) is 0 Å². The van der Waals surface area contributed by atoms with Gasteiger partial charge < -0.3 is 5.73 Å². The van der Waals surface area contributed by atoms with Gasteiger partial charge in [0.1, 0.15) is 0 Å². The Bertz CT molecular complexity index is 326. The van der Waals surface area contributed by atoms with E-state index >= 15 is 0 Å². The molecule has 0 amide bonds. The van der Waals surface area contributed by atoms with Crippen molar-refractivity contribution in [1.29, 1.82) is 0 Å². The molecular weight excluding hydrogens is 208 g/mol. The Kier molecular flexibility index (Phi) is 5.39. The van der Waals surface area contributed by atoms with Crippen LogP contribution < -0.4 is 5.73 Å². The third kappa shape index (κ3) is 3.56. The number of unbranched alkanes of at least 4 members (excludes halogenated alkanes) is 3. The summed E-state index contributed by atoms with van der Waals surface area (Å²) in [6.45, 7) is 2.13. The predicted molar refractivity (Wildman–Crippen MR) is 62.0 cm³/mol. The van der Waals surface area contributed by atoms with Crippen molar-refractivity contribution in [3.8, 4) is 0 Å². The molecule has 0 aliphatic heterocycles. The zero-order chi connectivity index (χ0) is 12.0. The summed E-state index contributed by atoms with van der Waals surface area (Å²) in [5.41, 5.74) is 6.13. The summed E-state index contributed by atoms with van der Waals surface area (Å²) in [7, 11) is 0. The van der Waals surface area contributed by atoms with Gasteiger partial charge in [-0.2, -0.15) is 0 Å². The largest absolute Gasteiger partial charge is 0.324 e. The van der Waals surface area contributed by atoms with Crippen LogP contribution in [-0.2, 0) is 0 Å². The molecule has 0 bridgehead atoms. The van der Waals surface area contributed by atoms with E-state index in [1.54, 1.807) is 6.07 Å².